The molecule has 0 aliphatic carbocycles. The molecule has 0 rings (SSSR count). The Labute approximate surface area is 73.8 Å². The standard InChI is InChI=1S/C7H10O6/c8-4(6(11)7(12)13)2-1-3-5(9)10/h4,8H,1-3H2,(H,9,10)(H,12,13). The van der Waals surface area contributed by atoms with Gasteiger partial charge in [-0.3, -0.25) is 9.59 Å². The number of aliphatic carboxylic acids is 2. The first-order valence-corrected chi connectivity index (χ1v) is 3.62. The number of aliphatic hydroxyl groups is 1. The first kappa shape index (κ1) is 11.6. The Morgan fingerprint density at radius 3 is 2.08 bits per heavy atom. The zero-order valence-electron chi connectivity index (χ0n) is 6.77. The highest BCUT2D eigenvalue weighted by Crippen LogP contribution is 2.01. The van der Waals surface area contributed by atoms with E-state index in [1.54, 1.807) is 0 Å². The van der Waals surface area contributed by atoms with Crippen LogP contribution in [0.2, 0.25) is 0 Å². The van der Waals surface area contributed by atoms with E-state index in [1.165, 1.54) is 0 Å². The van der Waals surface area contributed by atoms with Crippen LogP contribution in [0, 0.1) is 0 Å². The average Bonchev–Trinajstić information content (AvgIpc) is 2.02. The molecular weight excluding hydrogens is 180 g/mol. The van der Waals surface area contributed by atoms with E-state index in [0.717, 1.165) is 0 Å². The number of rotatable bonds is 6. The number of carbonyl (C=O) groups is 3. The van der Waals surface area contributed by atoms with Gasteiger partial charge in [0.05, 0.1) is 0 Å². The summed E-state index contributed by atoms with van der Waals surface area (Å²) in [6, 6.07) is 0. The molecule has 0 aliphatic heterocycles. The summed E-state index contributed by atoms with van der Waals surface area (Å²) in [4.78, 5) is 30.5. The maximum absolute atomic E-state index is 10.5. The van der Waals surface area contributed by atoms with Crippen LogP contribution in [0.1, 0.15) is 19.3 Å². The van der Waals surface area contributed by atoms with Crippen LogP contribution in [0.4, 0.5) is 0 Å². The number of carbonyl (C=O) groups excluding carboxylic acids is 1. The quantitative estimate of drug-likeness (QED) is 0.475. The van der Waals surface area contributed by atoms with Gasteiger partial charge in [0.15, 0.2) is 0 Å². The predicted molar refractivity (Wildman–Crippen MR) is 40.1 cm³/mol. The first-order valence-electron chi connectivity index (χ1n) is 3.62. The van der Waals surface area contributed by atoms with E-state index >= 15 is 0 Å². The second kappa shape index (κ2) is 5.26. The van der Waals surface area contributed by atoms with Gasteiger partial charge < -0.3 is 15.3 Å². The minimum atomic E-state index is -1.71. The number of aliphatic hydroxyl groups excluding tert-OH is 1. The fourth-order valence-electron chi connectivity index (χ4n) is 0.720. The Bertz CT molecular complexity index is 221. The molecular formula is C7H10O6. The third-order valence-corrected chi connectivity index (χ3v) is 1.38. The average molecular weight is 190 g/mol. The van der Waals surface area contributed by atoms with Gasteiger partial charge in [0.25, 0.3) is 5.78 Å². The van der Waals surface area contributed by atoms with Gasteiger partial charge in [-0.05, 0) is 12.8 Å². The van der Waals surface area contributed by atoms with Gasteiger partial charge in [-0.1, -0.05) is 0 Å². The molecule has 0 saturated heterocycles. The molecule has 74 valence electrons. The van der Waals surface area contributed by atoms with Crippen LogP contribution in [0.3, 0.4) is 0 Å². The van der Waals surface area contributed by atoms with E-state index in [0.29, 0.717) is 0 Å². The fraction of sp³-hybridized carbons (Fsp3) is 0.571. The fourth-order valence-corrected chi connectivity index (χ4v) is 0.720. The van der Waals surface area contributed by atoms with Crippen LogP contribution < -0.4 is 0 Å². The van der Waals surface area contributed by atoms with Crippen LogP contribution in [-0.2, 0) is 14.4 Å². The van der Waals surface area contributed by atoms with Crippen LogP contribution in [-0.4, -0.2) is 39.1 Å². The van der Waals surface area contributed by atoms with Crippen molar-refractivity contribution in [2.24, 2.45) is 0 Å². The normalized spacial score (nSPS) is 12.1. The van der Waals surface area contributed by atoms with Crippen molar-refractivity contribution in [1.29, 1.82) is 0 Å². The third-order valence-electron chi connectivity index (χ3n) is 1.38. The van der Waals surface area contributed by atoms with Crippen molar-refractivity contribution < 1.29 is 29.7 Å². The van der Waals surface area contributed by atoms with E-state index in [-0.39, 0.29) is 19.3 Å². The number of Topliss-reactive ketones (excluding diaryl/α,β-unsaturated/α-hetero) is 1. The maximum atomic E-state index is 10.5. The van der Waals surface area contributed by atoms with Crippen LogP contribution >= 0.6 is 0 Å². The Balaban J connectivity index is 3.74. The molecule has 0 heterocycles. The highest BCUT2D eigenvalue weighted by Gasteiger charge is 2.21. The van der Waals surface area contributed by atoms with Crippen molar-refractivity contribution in [3.63, 3.8) is 0 Å². The SMILES string of the molecule is O=C(O)CCCC(O)C(=O)C(=O)O. The first-order chi connectivity index (χ1) is 5.95. The van der Waals surface area contributed by atoms with Crippen LogP contribution in [0.25, 0.3) is 0 Å². The van der Waals surface area contributed by atoms with E-state index in [4.69, 9.17) is 15.3 Å². The number of hydrogen-bond acceptors (Lipinski definition) is 4. The molecule has 0 saturated carbocycles. The molecule has 13 heavy (non-hydrogen) atoms. The smallest absolute Gasteiger partial charge is 0.374 e. The van der Waals surface area contributed by atoms with E-state index in [1.807, 2.05) is 0 Å². The Hall–Kier alpha value is -1.43. The zero-order valence-corrected chi connectivity index (χ0v) is 6.77. The van der Waals surface area contributed by atoms with Crippen molar-refractivity contribution in [3.05, 3.63) is 0 Å². The Morgan fingerprint density at radius 2 is 1.69 bits per heavy atom. The van der Waals surface area contributed by atoms with Crippen molar-refractivity contribution in [3.8, 4) is 0 Å². The lowest BCUT2D eigenvalue weighted by Gasteiger charge is -2.04. The largest absolute Gasteiger partial charge is 0.481 e. The van der Waals surface area contributed by atoms with Gasteiger partial charge in [-0.2, -0.15) is 0 Å². The second-order valence-corrected chi connectivity index (χ2v) is 2.47. The lowest BCUT2D eigenvalue weighted by Crippen LogP contribution is -2.28. The second-order valence-electron chi connectivity index (χ2n) is 2.47. The molecule has 0 fully saturated rings. The lowest BCUT2D eigenvalue weighted by molar-refractivity contribution is -0.153. The Kier molecular flexibility index (Phi) is 4.68. The molecule has 6 nitrogen and oxygen atoms in total. The molecule has 3 N–H and O–H groups in total. The van der Waals surface area contributed by atoms with Crippen molar-refractivity contribution in [1.82, 2.24) is 0 Å². The van der Waals surface area contributed by atoms with Crippen LogP contribution in [0.15, 0.2) is 0 Å². The predicted octanol–water partition coefficient (Wildman–Crippen LogP) is -0.744. The Morgan fingerprint density at radius 1 is 1.15 bits per heavy atom. The molecule has 0 aromatic rings. The zero-order chi connectivity index (χ0) is 10.4. The van der Waals surface area contributed by atoms with Crippen molar-refractivity contribution >= 4 is 17.7 Å². The summed E-state index contributed by atoms with van der Waals surface area (Å²) < 4.78 is 0. The molecule has 0 aromatic carbocycles. The van der Waals surface area contributed by atoms with Gasteiger partial charge in [0, 0.05) is 6.42 Å². The van der Waals surface area contributed by atoms with Crippen LogP contribution in [0.5, 0.6) is 0 Å². The van der Waals surface area contributed by atoms with Crippen molar-refractivity contribution in [2.45, 2.75) is 25.4 Å². The molecule has 1 atom stereocenters. The minimum absolute atomic E-state index is 0.0789. The van der Waals surface area contributed by atoms with Gasteiger partial charge in [-0.25, -0.2) is 4.79 Å². The number of ketones is 1. The molecule has 0 radical (unpaired) electrons. The van der Waals surface area contributed by atoms with E-state index in [2.05, 4.69) is 0 Å². The van der Waals surface area contributed by atoms with E-state index in [9.17, 15) is 14.4 Å². The summed E-state index contributed by atoms with van der Waals surface area (Å²) in [5, 5.41) is 25.2. The minimum Gasteiger partial charge on any atom is -0.481 e. The van der Waals surface area contributed by atoms with E-state index < -0.39 is 23.8 Å². The number of carboxylic acids is 2. The molecule has 0 amide bonds. The number of hydrogen-bond donors (Lipinski definition) is 3. The highest BCUT2D eigenvalue weighted by atomic mass is 16.4. The summed E-state index contributed by atoms with van der Waals surface area (Å²) in [6.07, 6.45) is -1.85. The maximum Gasteiger partial charge on any atom is 0.374 e. The summed E-state index contributed by atoms with van der Waals surface area (Å²) in [6.45, 7) is 0. The third kappa shape index (κ3) is 4.91. The summed E-state index contributed by atoms with van der Waals surface area (Å²) >= 11 is 0. The van der Waals surface area contributed by atoms with Gasteiger partial charge in [0.1, 0.15) is 6.10 Å². The molecule has 0 aliphatic rings. The summed E-state index contributed by atoms with van der Waals surface area (Å²) in [5.41, 5.74) is 0. The summed E-state index contributed by atoms with van der Waals surface area (Å²) in [7, 11) is 0. The molecule has 1 unspecified atom stereocenters. The van der Waals surface area contributed by atoms with Gasteiger partial charge in [-0.15, -0.1) is 0 Å². The van der Waals surface area contributed by atoms with Gasteiger partial charge in [0.2, 0.25) is 0 Å². The lowest BCUT2D eigenvalue weighted by atomic mass is 10.1. The van der Waals surface area contributed by atoms with Crippen molar-refractivity contribution in [2.75, 3.05) is 0 Å². The molecule has 0 aromatic heterocycles. The monoisotopic (exact) mass is 190 g/mol. The number of carboxylic acid groups (broad SMARTS) is 2. The summed E-state index contributed by atoms with van der Waals surface area (Å²) in [5.74, 6) is -4.05. The molecule has 0 bridgehead atoms. The highest BCUT2D eigenvalue weighted by molar-refractivity contribution is 6.34. The molecule has 6 heteroatoms. The molecule has 0 spiro atoms. The van der Waals surface area contributed by atoms with Gasteiger partial charge >= 0.3 is 11.9 Å². The topological polar surface area (TPSA) is 112 Å².